The quantitative estimate of drug-likeness (QED) is 0.773. The van der Waals surface area contributed by atoms with Gasteiger partial charge in [0.15, 0.2) is 5.78 Å². The van der Waals surface area contributed by atoms with Gasteiger partial charge in [0.1, 0.15) is 5.82 Å². The summed E-state index contributed by atoms with van der Waals surface area (Å²) in [5, 5.41) is 9.22. The number of rotatable bonds is 3. The van der Waals surface area contributed by atoms with Crippen LogP contribution >= 0.6 is 0 Å². The standard InChI is InChI=1S/C12H13FO2/c13-10-5-2-1-4-9(10)11(15)12(8-14)6-3-7-12/h1-2,4-5,14H,3,6-8H2. The molecule has 1 N–H and O–H groups in total. The van der Waals surface area contributed by atoms with E-state index in [1.54, 1.807) is 12.1 Å². The van der Waals surface area contributed by atoms with E-state index >= 15 is 0 Å². The van der Waals surface area contributed by atoms with Crippen molar-refractivity contribution in [1.82, 2.24) is 0 Å². The summed E-state index contributed by atoms with van der Waals surface area (Å²) >= 11 is 0. The zero-order valence-electron chi connectivity index (χ0n) is 8.37. The molecule has 0 aliphatic heterocycles. The van der Waals surface area contributed by atoms with E-state index in [9.17, 15) is 14.3 Å². The topological polar surface area (TPSA) is 37.3 Å². The number of aliphatic hydroxyl groups excluding tert-OH is 1. The summed E-state index contributed by atoms with van der Waals surface area (Å²) in [4.78, 5) is 12.0. The number of aliphatic hydroxyl groups is 1. The lowest BCUT2D eigenvalue weighted by atomic mass is 9.65. The third-order valence-corrected chi connectivity index (χ3v) is 3.21. The van der Waals surface area contributed by atoms with E-state index < -0.39 is 11.2 Å². The summed E-state index contributed by atoms with van der Waals surface area (Å²) in [6, 6.07) is 5.95. The van der Waals surface area contributed by atoms with Gasteiger partial charge in [-0.25, -0.2) is 4.39 Å². The second kappa shape index (κ2) is 3.74. The van der Waals surface area contributed by atoms with Crippen LogP contribution in [0.3, 0.4) is 0 Å². The summed E-state index contributed by atoms with van der Waals surface area (Å²) in [6.07, 6.45) is 2.26. The summed E-state index contributed by atoms with van der Waals surface area (Å²) in [5.41, 5.74) is -0.603. The maximum atomic E-state index is 13.4. The van der Waals surface area contributed by atoms with Crippen LogP contribution in [0.2, 0.25) is 0 Å². The van der Waals surface area contributed by atoms with Gasteiger partial charge in [-0.05, 0) is 25.0 Å². The Bertz CT molecular complexity index is 377. The lowest BCUT2D eigenvalue weighted by Crippen LogP contribution is -2.41. The summed E-state index contributed by atoms with van der Waals surface area (Å²) in [6.45, 7) is -0.180. The van der Waals surface area contributed by atoms with Crippen molar-refractivity contribution in [3.63, 3.8) is 0 Å². The molecule has 3 heteroatoms. The van der Waals surface area contributed by atoms with Crippen molar-refractivity contribution in [2.45, 2.75) is 19.3 Å². The first kappa shape index (κ1) is 10.3. The number of carbonyl (C=O) groups is 1. The molecule has 2 rings (SSSR count). The molecule has 0 spiro atoms. The molecule has 0 amide bonds. The average molecular weight is 208 g/mol. The molecule has 0 atom stereocenters. The maximum absolute atomic E-state index is 13.4. The zero-order valence-corrected chi connectivity index (χ0v) is 8.37. The third kappa shape index (κ3) is 1.57. The lowest BCUT2D eigenvalue weighted by molar-refractivity contribution is 0.0344. The highest BCUT2D eigenvalue weighted by molar-refractivity contribution is 6.01. The van der Waals surface area contributed by atoms with Gasteiger partial charge in [-0.3, -0.25) is 4.79 Å². The monoisotopic (exact) mass is 208 g/mol. The van der Waals surface area contributed by atoms with Crippen LogP contribution in [0.5, 0.6) is 0 Å². The molecular formula is C12H13FO2. The van der Waals surface area contributed by atoms with Crippen molar-refractivity contribution in [1.29, 1.82) is 0 Å². The summed E-state index contributed by atoms with van der Waals surface area (Å²) in [7, 11) is 0. The number of hydrogen-bond donors (Lipinski definition) is 1. The van der Waals surface area contributed by atoms with Gasteiger partial charge in [-0.2, -0.15) is 0 Å². The van der Waals surface area contributed by atoms with Crippen LogP contribution in [-0.4, -0.2) is 17.5 Å². The van der Waals surface area contributed by atoms with Gasteiger partial charge in [0, 0.05) is 0 Å². The fraction of sp³-hybridized carbons (Fsp3) is 0.417. The van der Waals surface area contributed by atoms with Crippen molar-refractivity contribution in [3.05, 3.63) is 35.6 Å². The lowest BCUT2D eigenvalue weighted by Gasteiger charge is -2.38. The molecule has 0 aromatic heterocycles. The molecule has 1 fully saturated rings. The van der Waals surface area contributed by atoms with Gasteiger partial charge in [0.25, 0.3) is 0 Å². The largest absolute Gasteiger partial charge is 0.395 e. The Hall–Kier alpha value is -1.22. The Balaban J connectivity index is 2.32. The van der Waals surface area contributed by atoms with E-state index in [1.807, 2.05) is 0 Å². The number of carbonyl (C=O) groups excluding carboxylic acids is 1. The molecule has 0 unspecified atom stereocenters. The maximum Gasteiger partial charge on any atom is 0.174 e. The first-order valence-electron chi connectivity index (χ1n) is 5.10. The Kier molecular flexibility index (Phi) is 2.57. The van der Waals surface area contributed by atoms with Gasteiger partial charge in [-0.15, -0.1) is 0 Å². The molecule has 1 aromatic carbocycles. The molecule has 2 nitrogen and oxygen atoms in total. The molecule has 1 aromatic rings. The van der Waals surface area contributed by atoms with Gasteiger partial charge in [0.05, 0.1) is 17.6 Å². The van der Waals surface area contributed by atoms with Gasteiger partial charge >= 0.3 is 0 Å². The molecule has 1 aliphatic carbocycles. The number of halogens is 1. The average Bonchev–Trinajstić information content (AvgIpc) is 2.17. The third-order valence-electron chi connectivity index (χ3n) is 3.21. The minimum absolute atomic E-state index is 0.103. The zero-order chi connectivity index (χ0) is 10.9. The summed E-state index contributed by atoms with van der Waals surface area (Å²) in [5.74, 6) is -0.753. The highest BCUT2D eigenvalue weighted by Crippen LogP contribution is 2.43. The Morgan fingerprint density at radius 2 is 2.07 bits per heavy atom. The highest BCUT2D eigenvalue weighted by Gasteiger charge is 2.44. The molecule has 1 saturated carbocycles. The molecule has 0 heterocycles. The van der Waals surface area contributed by atoms with E-state index in [-0.39, 0.29) is 18.0 Å². The number of hydrogen-bond acceptors (Lipinski definition) is 2. The van der Waals surface area contributed by atoms with Crippen molar-refractivity contribution in [2.75, 3.05) is 6.61 Å². The van der Waals surface area contributed by atoms with Crippen LogP contribution in [0.15, 0.2) is 24.3 Å². The normalized spacial score (nSPS) is 18.3. The van der Waals surface area contributed by atoms with Crippen LogP contribution < -0.4 is 0 Å². The second-order valence-electron chi connectivity index (χ2n) is 4.10. The predicted molar refractivity (Wildman–Crippen MR) is 54.1 cm³/mol. The SMILES string of the molecule is O=C(c1ccccc1F)C1(CO)CCC1. The number of ketones is 1. The van der Waals surface area contributed by atoms with E-state index in [0.717, 1.165) is 6.42 Å². The molecule has 0 radical (unpaired) electrons. The van der Waals surface area contributed by atoms with Crippen molar-refractivity contribution < 1.29 is 14.3 Å². The molecular weight excluding hydrogens is 195 g/mol. The van der Waals surface area contributed by atoms with Crippen molar-refractivity contribution in [2.24, 2.45) is 5.41 Å². The van der Waals surface area contributed by atoms with Crippen LogP contribution in [0.4, 0.5) is 4.39 Å². The van der Waals surface area contributed by atoms with Gasteiger partial charge in [0.2, 0.25) is 0 Å². The van der Waals surface area contributed by atoms with E-state index in [1.165, 1.54) is 12.1 Å². The van der Waals surface area contributed by atoms with E-state index in [2.05, 4.69) is 0 Å². The van der Waals surface area contributed by atoms with Crippen LogP contribution in [0.25, 0.3) is 0 Å². The highest BCUT2D eigenvalue weighted by atomic mass is 19.1. The Morgan fingerprint density at radius 3 is 2.53 bits per heavy atom. The van der Waals surface area contributed by atoms with Crippen molar-refractivity contribution >= 4 is 5.78 Å². The first-order chi connectivity index (χ1) is 7.19. The number of Topliss-reactive ketones (excluding diaryl/α,β-unsaturated/α-hetero) is 1. The first-order valence-corrected chi connectivity index (χ1v) is 5.10. The van der Waals surface area contributed by atoms with Gasteiger partial charge < -0.3 is 5.11 Å². The minimum Gasteiger partial charge on any atom is -0.395 e. The van der Waals surface area contributed by atoms with Crippen LogP contribution in [-0.2, 0) is 0 Å². The molecule has 80 valence electrons. The molecule has 0 bridgehead atoms. The predicted octanol–water partition coefficient (Wildman–Crippen LogP) is 2.17. The fourth-order valence-corrected chi connectivity index (χ4v) is 1.99. The Labute approximate surface area is 87.7 Å². The number of benzene rings is 1. The molecule has 1 aliphatic rings. The molecule has 15 heavy (non-hydrogen) atoms. The van der Waals surface area contributed by atoms with Crippen molar-refractivity contribution in [3.8, 4) is 0 Å². The molecule has 0 saturated heterocycles. The van der Waals surface area contributed by atoms with Gasteiger partial charge in [-0.1, -0.05) is 18.6 Å². The van der Waals surface area contributed by atoms with Crippen LogP contribution in [0.1, 0.15) is 29.6 Å². The van der Waals surface area contributed by atoms with E-state index in [4.69, 9.17) is 0 Å². The van der Waals surface area contributed by atoms with Crippen LogP contribution in [0, 0.1) is 11.2 Å². The Morgan fingerprint density at radius 1 is 1.40 bits per heavy atom. The minimum atomic E-state index is -0.706. The smallest absolute Gasteiger partial charge is 0.174 e. The fourth-order valence-electron chi connectivity index (χ4n) is 1.99. The summed E-state index contributed by atoms with van der Waals surface area (Å²) < 4.78 is 13.4. The van der Waals surface area contributed by atoms with E-state index in [0.29, 0.717) is 12.8 Å². The second-order valence-corrected chi connectivity index (χ2v) is 4.10.